The van der Waals surface area contributed by atoms with Gasteiger partial charge in [0.2, 0.25) is 0 Å². The van der Waals surface area contributed by atoms with Crippen molar-refractivity contribution in [1.82, 2.24) is 10.6 Å². The summed E-state index contributed by atoms with van der Waals surface area (Å²) >= 11 is 5.33. The lowest BCUT2D eigenvalue weighted by Gasteiger charge is -2.31. The third-order valence-electron chi connectivity index (χ3n) is 4.39. The maximum Gasteiger partial charge on any atom is 0.338 e. The summed E-state index contributed by atoms with van der Waals surface area (Å²) in [5.41, 5.74) is 2.68. The SMILES string of the molecule is CCOC(=O)C1=C(c2ccccc2)NC(=S)N[C@H]1c1ccc(C)c([N+](=O)[O-])c1. The molecule has 0 saturated heterocycles. The predicted molar refractivity (Wildman–Crippen MR) is 109 cm³/mol. The van der Waals surface area contributed by atoms with E-state index >= 15 is 0 Å². The van der Waals surface area contributed by atoms with Crippen molar-refractivity contribution in [1.29, 1.82) is 0 Å². The zero-order valence-electron chi connectivity index (χ0n) is 15.4. The Bertz CT molecular complexity index is 973. The second-order valence-electron chi connectivity index (χ2n) is 6.21. The van der Waals surface area contributed by atoms with Crippen LogP contribution in [0.1, 0.15) is 29.7 Å². The van der Waals surface area contributed by atoms with Crippen LogP contribution in [0.4, 0.5) is 5.69 Å². The molecular weight excluding hydrogens is 378 g/mol. The first-order valence-electron chi connectivity index (χ1n) is 8.71. The molecule has 1 heterocycles. The Kier molecular flexibility index (Phi) is 5.70. The van der Waals surface area contributed by atoms with Crippen LogP contribution in [-0.2, 0) is 9.53 Å². The van der Waals surface area contributed by atoms with Gasteiger partial charge in [-0.3, -0.25) is 10.1 Å². The first kappa shape index (κ1) is 19.5. The standard InChI is InChI=1S/C20H19N3O4S/c1-3-27-19(24)16-17(13-7-5-4-6-8-13)21-20(28)22-18(16)14-10-9-12(2)15(11-14)23(25)26/h4-11,18H,3H2,1-2H3,(H2,21,22,28)/t18-/m0/s1. The number of carbonyl (C=O) groups excluding carboxylic acids is 1. The highest BCUT2D eigenvalue weighted by molar-refractivity contribution is 7.80. The molecule has 2 aromatic rings. The van der Waals surface area contributed by atoms with Gasteiger partial charge in [0.1, 0.15) is 0 Å². The third-order valence-corrected chi connectivity index (χ3v) is 4.61. The molecule has 28 heavy (non-hydrogen) atoms. The van der Waals surface area contributed by atoms with E-state index in [1.165, 1.54) is 6.07 Å². The number of rotatable bonds is 5. The first-order chi connectivity index (χ1) is 13.4. The van der Waals surface area contributed by atoms with Crippen LogP contribution in [0.3, 0.4) is 0 Å². The molecule has 0 amide bonds. The number of nitro groups is 1. The number of esters is 1. The highest BCUT2D eigenvalue weighted by atomic mass is 32.1. The lowest BCUT2D eigenvalue weighted by Crippen LogP contribution is -2.45. The summed E-state index contributed by atoms with van der Waals surface area (Å²) in [6, 6.07) is 13.5. The highest BCUT2D eigenvalue weighted by Crippen LogP contribution is 2.34. The van der Waals surface area contributed by atoms with Gasteiger partial charge in [-0.25, -0.2) is 4.79 Å². The number of benzene rings is 2. The summed E-state index contributed by atoms with van der Waals surface area (Å²) < 4.78 is 5.27. The Morgan fingerprint density at radius 2 is 1.96 bits per heavy atom. The van der Waals surface area contributed by atoms with Gasteiger partial charge in [0, 0.05) is 11.6 Å². The average molecular weight is 397 g/mol. The van der Waals surface area contributed by atoms with Crippen molar-refractivity contribution in [2.24, 2.45) is 0 Å². The fourth-order valence-electron chi connectivity index (χ4n) is 3.08. The molecule has 0 fully saturated rings. The van der Waals surface area contributed by atoms with E-state index in [4.69, 9.17) is 17.0 Å². The van der Waals surface area contributed by atoms with Gasteiger partial charge >= 0.3 is 5.97 Å². The molecule has 0 radical (unpaired) electrons. The minimum atomic E-state index is -0.678. The fourth-order valence-corrected chi connectivity index (χ4v) is 3.30. The minimum Gasteiger partial charge on any atom is -0.463 e. The summed E-state index contributed by atoms with van der Waals surface area (Å²) in [5.74, 6) is -0.517. The maximum absolute atomic E-state index is 12.8. The monoisotopic (exact) mass is 397 g/mol. The molecule has 8 heteroatoms. The average Bonchev–Trinajstić information content (AvgIpc) is 2.68. The zero-order valence-corrected chi connectivity index (χ0v) is 16.2. The number of hydrogen-bond donors (Lipinski definition) is 2. The first-order valence-corrected chi connectivity index (χ1v) is 9.12. The van der Waals surface area contributed by atoms with Crippen LogP contribution < -0.4 is 10.6 Å². The Morgan fingerprint density at radius 3 is 2.61 bits per heavy atom. The molecule has 2 N–H and O–H groups in total. The van der Waals surface area contributed by atoms with Crippen molar-refractivity contribution >= 4 is 34.7 Å². The van der Waals surface area contributed by atoms with E-state index in [-0.39, 0.29) is 12.3 Å². The number of nitrogens with one attached hydrogen (secondary N) is 2. The summed E-state index contributed by atoms with van der Waals surface area (Å²) in [7, 11) is 0. The largest absolute Gasteiger partial charge is 0.463 e. The molecule has 144 valence electrons. The molecule has 1 aliphatic rings. The Balaban J connectivity index is 2.20. The topological polar surface area (TPSA) is 93.5 Å². The molecule has 0 unspecified atom stereocenters. The Morgan fingerprint density at radius 1 is 1.25 bits per heavy atom. The van der Waals surface area contributed by atoms with Crippen LogP contribution in [0.2, 0.25) is 0 Å². The van der Waals surface area contributed by atoms with Gasteiger partial charge in [-0.05, 0) is 37.2 Å². The quantitative estimate of drug-likeness (QED) is 0.346. The number of carbonyl (C=O) groups is 1. The number of ether oxygens (including phenoxy) is 1. The van der Waals surface area contributed by atoms with Crippen molar-refractivity contribution in [3.05, 3.63) is 80.9 Å². The fraction of sp³-hybridized carbons (Fsp3) is 0.200. The third kappa shape index (κ3) is 3.86. The molecule has 1 aliphatic heterocycles. The number of aryl methyl sites for hydroxylation is 1. The van der Waals surface area contributed by atoms with Crippen LogP contribution in [0.25, 0.3) is 5.70 Å². The van der Waals surface area contributed by atoms with Crippen molar-refractivity contribution in [3.8, 4) is 0 Å². The number of hydrogen-bond acceptors (Lipinski definition) is 5. The normalized spacial score (nSPS) is 16.2. The Hall–Kier alpha value is -3.26. The van der Waals surface area contributed by atoms with Crippen LogP contribution in [0.15, 0.2) is 54.1 Å². The highest BCUT2D eigenvalue weighted by Gasteiger charge is 2.34. The molecule has 2 aromatic carbocycles. The number of nitrogens with zero attached hydrogens (tertiary/aromatic N) is 1. The second-order valence-corrected chi connectivity index (χ2v) is 6.62. The van der Waals surface area contributed by atoms with Crippen molar-refractivity contribution in [2.45, 2.75) is 19.9 Å². The van der Waals surface area contributed by atoms with Crippen molar-refractivity contribution in [3.63, 3.8) is 0 Å². The van der Waals surface area contributed by atoms with Crippen LogP contribution in [0.5, 0.6) is 0 Å². The van der Waals surface area contributed by atoms with E-state index < -0.39 is 16.9 Å². The molecule has 0 aliphatic carbocycles. The van der Waals surface area contributed by atoms with E-state index in [2.05, 4.69) is 10.6 Å². The number of nitro benzene ring substituents is 1. The van der Waals surface area contributed by atoms with Gasteiger partial charge in [0.05, 0.1) is 28.8 Å². The maximum atomic E-state index is 12.8. The lowest BCUT2D eigenvalue weighted by molar-refractivity contribution is -0.385. The van der Waals surface area contributed by atoms with Gasteiger partial charge in [0.25, 0.3) is 5.69 Å². The van der Waals surface area contributed by atoms with Crippen LogP contribution in [0, 0.1) is 17.0 Å². The van der Waals surface area contributed by atoms with Gasteiger partial charge in [-0.2, -0.15) is 0 Å². The van der Waals surface area contributed by atoms with Gasteiger partial charge in [0.15, 0.2) is 5.11 Å². The molecule has 3 rings (SSSR count). The summed E-state index contributed by atoms with van der Waals surface area (Å²) in [4.78, 5) is 23.7. The van der Waals surface area contributed by atoms with Crippen molar-refractivity contribution < 1.29 is 14.5 Å². The van der Waals surface area contributed by atoms with E-state index in [0.29, 0.717) is 27.5 Å². The van der Waals surface area contributed by atoms with E-state index in [1.807, 2.05) is 30.3 Å². The van der Waals surface area contributed by atoms with Gasteiger partial charge in [-0.15, -0.1) is 0 Å². The summed E-state index contributed by atoms with van der Waals surface area (Å²) in [6.07, 6.45) is 0. The second kappa shape index (κ2) is 8.18. The summed E-state index contributed by atoms with van der Waals surface area (Å²) in [5, 5.41) is 17.8. The molecule has 0 aromatic heterocycles. The van der Waals surface area contributed by atoms with Crippen LogP contribution in [-0.4, -0.2) is 22.6 Å². The molecular formula is C20H19N3O4S. The van der Waals surface area contributed by atoms with Gasteiger partial charge < -0.3 is 15.4 Å². The molecule has 0 saturated carbocycles. The smallest absolute Gasteiger partial charge is 0.338 e. The number of thiocarbonyl (C=S) groups is 1. The van der Waals surface area contributed by atoms with Gasteiger partial charge in [-0.1, -0.05) is 42.5 Å². The van der Waals surface area contributed by atoms with E-state index in [9.17, 15) is 14.9 Å². The van der Waals surface area contributed by atoms with Crippen molar-refractivity contribution in [2.75, 3.05) is 6.61 Å². The predicted octanol–water partition coefficient (Wildman–Crippen LogP) is 3.40. The summed E-state index contributed by atoms with van der Waals surface area (Å²) in [6.45, 7) is 3.59. The lowest BCUT2D eigenvalue weighted by atomic mass is 9.92. The van der Waals surface area contributed by atoms with E-state index in [0.717, 1.165) is 5.56 Å². The zero-order chi connectivity index (χ0) is 20.3. The molecule has 1 atom stereocenters. The molecule has 7 nitrogen and oxygen atoms in total. The minimum absolute atomic E-state index is 0.0202. The van der Waals surface area contributed by atoms with E-state index in [1.54, 1.807) is 26.0 Å². The van der Waals surface area contributed by atoms with Crippen LogP contribution >= 0.6 is 12.2 Å². The molecule has 0 bridgehead atoms. The molecule has 0 spiro atoms. The Labute approximate surface area is 167 Å².